The Labute approximate surface area is 75.7 Å². The fraction of sp³-hybridized carbons (Fsp3) is 0.750. The Morgan fingerprint density at radius 1 is 1.46 bits per heavy atom. The Bertz CT molecular complexity index is 212. The first kappa shape index (κ1) is 9.98. The average Bonchev–Trinajstić information content (AvgIpc) is 1.96. The molecule has 3 N–H and O–H groups in total. The third kappa shape index (κ3) is 2.42. The molecule has 5 heteroatoms. The van der Waals surface area contributed by atoms with Crippen molar-refractivity contribution in [2.75, 3.05) is 6.61 Å². The number of nitrogens with one attached hydrogen (secondary N) is 1. The summed E-state index contributed by atoms with van der Waals surface area (Å²) in [5, 5.41) is 19.4. The summed E-state index contributed by atoms with van der Waals surface area (Å²) in [4.78, 5) is 21.6. The van der Waals surface area contributed by atoms with Gasteiger partial charge in [0, 0.05) is 5.92 Å². The monoisotopic (exact) mass is 187 g/mol. The Balaban J connectivity index is 2.36. The smallest absolute Gasteiger partial charge is 0.328 e. The number of aliphatic hydroxyl groups excluding tert-OH is 1. The number of carbonyl (C=O) groups excluding carboxylic acids is 1. The van der Waals surface area contributed by atoms with Crippen molar-refractivity contribution >= 4 is 11.9 Å². The maximum atomic E-state index is 11.2. The lowest BCUT2D eigenvalue weighted by molar-refractivity contribution is -0.144. The molecule has 5 nitrogen and oxygen atoms in total. The molecule has 1 aliphatic carbocycles. The van der Waals surface area contributed by atoms with Gasteiger partial charge in [0.25, 0.3) is 0 Å². The van der Waals surface area contributed by atoms with E-state index in [4.69, 9.17) is 10.2 Å². The maximum absolute atomic E-state index is 11.2. The highest BCUT2D eigenvalue weighted by Gasteiger charge is 2.28. The first-order valence-corrected chi connectivity index (χ1v) is 4.29. The molecule has 1 saturated carbocycles. The number of carboxylic acids is 1. The van der Waals surface area contributed by atoms with Crippen LogP contribution in [0.3, 0.4) is 0 Å². The highest BCUT2D eigenvalue weighted by Crippen LogP contribution is 2.26. The lowest BCUT2D eigenvalue weighted by Gasteiger charge is -2.25. The van der Waals surface area contributed by atoms with Crippen molar-refractivity contribution in [3.63, 3.8) is 0 Å². The summed E-state index contributed by atoms with van der Waals surface area (Å²) in [6, 6.07) is -1.16. The molecule has 0 aromatic heterocycles. The third-order valence-electron chi connectivity index (χ3n) is 2.27. The molecule has 1 aliphatic rings. The van der Waals surface area contributed by atoms with Crippen molar-refractivity contribution in [2.45, 2.75) is 25.3 Å². The molecule has 13 heavy (non-hydrogen) atoms. The second-order valence-electron chi connectivity index (χ2n) is 3.21. The summed E-state index contributed by atoms with van der Waals surface area (Å²) in [5.41, 5.74) is 0. The number of carbonyl (C=O) groups is 2. The Morgan fingerprint density at radius 2 is 2.08 bits per heavy atom. The Kier molecular flexibility index (Phi) is 3.25. The predicted molar refractivity (Wildman–Crippen MR) is 44.0 cm³/mol. The molecule has 1 atom stereocenters. The minimum Gasteiger partial charge on any atom is -0.480 e. The van der Waals surface area contributed by atoms with Crippen molar-refractivity contribution in [3.05, 3.63) is 0 Å². The Morgan fingerprint density at radius 3 is 2.38 bits per heavy atom. The standard InChI is InChI=1S/C8H13NO4/c10-4-6(8(12)13)9-7(11)5-2-1-3-5/h5-6,10H,1-4H2,(H,9,11)(H,12,13). The average molecular weight is 187 g/mol. The molecule has 0 saturated heterocycles. The molecular formula is C8H13NO4. The van der Waals surface area contributed by atoms with Gasteiger partial charge in [0.15, 0.2) is 0 Å². The van der Waals surface area contributed by atoms with Gasteiger partial charge in [-0.2, -0.15) is 0 Å². The van der Waals surface area contributed by atoms with E-state index in [-0.39, 0.29) is 11.8 Å². The van der Waals surface area contributed by atoms with E-state index in [1.54, 1.807) is 0 Å². The van der Waals surface area contributed by atoms with E-state index in [0.717, 1.165) is 19.3 Å². The summed E-state index contributed by atoms with van der Waals surface area (Å²) in [5.74, 6) is -1.50. The fourth-order valence-corrected chi connectivity index (χ4v) is 1.15. The molecule has 1 amide bonds. The lowest BCUT2D eigenvalue weighted by Crippen LogP contribution is -2.47. The number of aliphatic carboxylic acids is 1. The first-order valence-electron chi connectivity index (χ1n) is 4.29. The van der Waals surface area contributed by atoms with Gasteiger partial charge < -0.3 is 15.5 Å². The summed E-state index contributed by atoms with van der Waals surface area (Å²) < 4.78 is 0. The molecule has 0 aromatic rings. The van der Waals surface area contributed by atoms with Gasteiger partial charge >= 0.3 is 5.97 Å². The zero-order chi connectivity index (χ0) is 9.84. The van der Waals surface area contributed by atoms with Crippen LogP contribution in [0.2, 0.25) is 0 Å². The van der Waals surface area contributed by atoms with Crippen LogP contribution in [0.25, 0.3) is 0 Å². The van der Waals surface area contributed by atoms with Gasteiger partial charge in [0.05, 0.1) is 6.61 Å². The summed E-state index contributed by atoms with van der Waals surface area (Å²) in [7, 11) is 0. The quantitative estimate of drug-likeness (QED) is 0.545. The van der Waals surface area contributed by atoms with Gasteiger partial charge in [0.2, 0.25) is 5.91 Å². The highest BCUT2D eigenvalue weighted by atomic mass is 16.4. The molecule has 1 fully saturated rings. The number of aliphatic hydroxyl groups is 1. The number of hydrogen-bond donors (Lipinski definition) is 3. The van der Waals surface area contributed by atoms with Crippen LogP contribution in [0.15, 0.2) is 0 Å². The Hall–Kier alpha value is -1.10. The number of hydrogen-bond acceptors (Lipinski definition) is 3. The lowest BCUT2D eigenvalue weighted by atomic mass is 9.84. The highest BCUT2D eigenvalue weighted by molar-refractivity contribution is 5.85. The second-order valence-corrected chi connectivity index (χ2v) is 3.21. The molecule has 0 spiro atoms. The fourth-order valence-electron chi connectivity index (χ4n) is 1.15. The van der Waals surface area contributed by atoms with E-state index in [9.17, 15) is 9.59 Å². The summed E-state index contributed by atoms with van der Waals surface area (Å²) in [6.45, 7) is -0.562. The van der Waals surface area contributed by atoms with Crippen molar-refractivity contribution < 1.29 is 19.8 Å². The number of rotatable bonds is 4. The predicted octanol–water partition coefficient (Wildman–Crippen LogP) is -0.652. The van der Waals surface area contributed by atoms with Crippen LogP contribution < -0.4 is 5.32 Å². The summed E-state index contributed by atoms with van der Waals surface area (Å²) >= 11 is 0. The van der Waals surface area contributed by atoms with Crippen molar-refractivity contribution in [1.82, 2.24) is 5.32 Å². The van der Waals surface area contributed by atoms with Gasteiger partial charge in [-0.05, 0) is 12.8 Å². The van der Waals surface area contributed by atoms with E-state index in [0.29, 0.717) is 0 Å². The van der Waals surface area contributed by atoms with Gasteiger partial charge in [-0.15, -0.1) is 0 Å². The van der Waals surface area contributed by atoms with Crippen molar-refractivity contribution in [1.29, 1.82) is 0 Å². The van der Waals surface area contributed by atoms with Crippen molar-refractivity contribution in [3.8, 4) is 0 Å². The van der Waals surface area contributed by atoms with Crippen LogP contribution >= 0.6 is 0 Å². The van der Waals surface area contributed by atoms with Gasteiger partial charge in [-0.1, -0.05) is 6.42 Å². The first-order chi connectivity index (χ1) is 6.15. The normalized spacial score (nSPS) is 18.8. The summed E-state index contributed by atoms with van der Waals surface area (Å²) in [6.07, 6.45) is 2.67. The van der Waals surface area contributed by atoms with Crippen LogP contribution in [0.5, 0.6) is 0 Å². The van der Waals surface area contributed by atoms with E-state index in [2.05, 4.69) is 5.32 Å². The number of amides is 1. The van der Waals surface area contributed by atoms with E-state index >= 15 is 0 Å². The third-order valence-corrected chi connectivity index (χ3v) is 2.27. The van der Waals surface area contributed by atoms with Crippen LogP contribution in [-0.4, -0.2) is 34.7 Å². The molecule has 0 aliphatic heterocycles. The van der Waals surface area contributed by atoms with Gasteiger partial charge in [-0.25, -0.2) is 4.79 Å². The molecule has 0 aromatic carbocycles. The second kappa shape index (κ2) is 4.23. The van der Waals surface area contributed by atoms with E-state index in [1.807, 2.05) is 0 Å². The molecule has 0 radical (unpaired) electrons. The zero-order valence-electron chi connectivity index (χ0n) is 7.19. The molecule has 1 unspecified atom stereocenters. The molecule has 1 rings (SSSR count). The molecule has 0 heterocycles. The minimum absolute atomic E-state index is 0.0478. The van der Waals surface area contributed by atoms with Crippen LogP contribution in [0.1, 0.15) is 19.3 Å². The van der Waals surface area contributed by atoms with Crippen LogP contribution in [0.4, 0.5) is 0 Å². The number of carboxylic acid groups (broad SMARTS) is 1. The topological polar surface area (TPSA) is 86.6 Å². The van der Waals surface area contributed by atoms with Crippen LogP contribution in [-0.2, 0) is 9.59 Å². The molecular weight excluding hydrogens is 174 g/mol. The van der Waals surface area contributed by atoms with E-state index < -0.39 is 18.6 Å². The molecule has 0 bridgehead atoms. The van der Waals surface area contributed by atoms with Gasteiger partial charge in [-0.3, -0.25) is 4.79 Å². The maximum Gasteiger partial charge on any atom is 0.328 e. The largest absolute Gasteiger partial charge is 0.480 e. The van der Waals surface area contributed by atoms with Gasteiger partial charge in [0.1, 0.15) is 6.04 Å². The SMILES string of the molecule is O=C(NC(CO)C(=O)O)C1CCC1. The molecule has 74 valence electrons. The van der Waals surface area contributed by atoms with Crippen LogP contribution in [0, 0.1) is 5.92 Å². The van der Waals surface area contributed by atoms with E-state index in [1.165, 1.54) is 0 Å². The van der Waals surface area contributed by atoms with Crippen molar-refractivity contribution in [2.24, 2.45) is 5.92 Å². The minimum atomic E-state index is -1.20. The zero-order valence-corrected chi connectivity index (χ0v) is 7.19.